The second-order valence-corrected chi connectivity index (χ2v) is 3.74. The van der Waals surface area contributed by atoms with Crippen molar-refractivity contribution in [1.29, 1.82) is 0 Å². The van der Waals surface area contributed by atoms with Crippen molar-refractivity contribution in [1.82, 2.24) is 4.90 Å². The minimum absolute atomic E-state index is 0.0178. The van der Waals surface area contributed by atoms with Gasteiger partial charge in [-0.25, -0.2) is 0 Å². The van der Waals surface area contributed by atoms with Crippen LogP contribution in [0.5, 0.6) is 0 Å². The molecule has 0 saturated carbocycles. The number of carbonyl (C=O) groups is 1. The van der Waals surface area contributed by atoms with E-state index in [-0.39, 0.29) is 5.91 Å². The summed E-state index contributed by atoms with van der Waals surface area (Å²) in [5, 5.41) is 0. The Kier molecular flexibility index (Phi) is 4.10. The predicted octanol–water partition coefficient (Wildman–Crippen LogP) is 1.01. The monoisotopic (exact) mass is 216 g/mol. The molecule has 16 heavy (non-hydrogen) atoms. The fraction of sp³-hybridized carbons (Fsp3) is 0.308. The van der Waals surface area contributed by atoms with E-state index >= 15 is 0 Å². The molecule has 0 aromatic heterocycles. The van der Waals surface area contributed by atoms with Crippen LogP contribution in [0.3, 0.4) is 0 Å². The number of nitrogens with two attached hydrogens (primary N) is 1. The maximum atomic E-state index is 11.7. The topological polar surface area (TPSA) is 46.3 Å². The van der Waals surface area contributed by atoms with Crippen LogP contribution >= 0.6 is 0 Å². The fourth-order valence-corrected chi connectivity index (χ4v) is 1.29. The van der Waals surface area contributed by atoms with Gasteiger partial charge in [0, 0.05) is 25.2 Å². The van der Waals surface area contributed by atoms with E-state index in [2.05, 4.69) is 11.8 Å². The van der Waals surface area contributed by atoms with Gasteiger partial charge in [0.2, 0.25) is 0 Å². The van der Waals surface area contributed by atoms with Crippen molar-refractivity contribution in [3.8, 4) is 11.8 Å². The van der Waals surface area contributed by atoms with E-state index in [9.17, 15) is 4.79 Å². The number of amides is 1. The molecule has 84 valence electrons. The quantitative estimate of drug-likeness (QED) is 0.712. The third kappa shape index (κ3) is 2.85. The zero-order valence-electron chi connectivity index (χ0n) is 9.87. The van der Waals surface area contributed by atoms with Gasteiger partial charge in [0.15, 0.2) is 0 Å². The van der Waals surface area contributed by atoms with Crippen molar-refractivity contribution in [3.05, 3.63) is 34.9 Å². The minimum atomic E-state index is -0.0178. The van der Waals surface area contributed by atoms with Crippen molar-refractivity contribution in [2.75, 3.05) is 20.6 Å². The second-order valence-electron chi connectivity index (χ2n) is 3.74. The van der Waals surface area contributed by atoms with E-state index < -0.39 is 0 Å². The lowest BCUT2D eigenvalue weighted by Gasteiger charge is -2.10. The molecule has 1 rings (SSSR count). The number of hydrogen-bond donors (Lipinski definition) is 1. The fourth-order valence-electron chi connectivity index (χ4n) is 1.29. The van der Waals surface area contributed by atoms with Gasteiger partial charge in [-0.15, -0.1) is 0 Å². The lowest BCUT2D eigenvalue weighted by Crippen LogP contribution is -2.21. The van der Waals surface area contributed by atoms with Crippen molar-refractivity contribution < 1.29 is 4.79 Å². The zero-order valence-corrected chi connectivity index (χ0v) is 9.87. The standard InChI is InChI=1S/C13H16N2O/c1-10-6-7-12(13(16)15(2)3)9-11(10)5-4-8-14/h6-7,9H,8,14H2,1-3H3. The maximum Gasteiger partial charge on any atom is 0.253 e. The van der Waals surface area contributed by atoms with Gasteiger partial charge in [-0.1, -0.05) is 17.9 Å². The summed E-state index contributed by atoms with van der Waals surface area (Å²) in [5.74, 6) is 5.74. The Morgan fingerprint density at radius 2 is 2.12 bits per heavy atom. The molecular formula is C13H16N2O. The highest BCUT2D eigenvalue weighted by Crippen LogP contribution is 2.11. The molecule has 0 aliphatic heterocycles. The summed E-state index contributed by atoms with van der Waals surface area (Å²) in [6.07, 6.45) is 0. The molecule has 1 amide bonds. The van der Waals surface area contributed by atoms with Crippen molar-refractivity contribution in [2.24, 2.45) is 5.73 Å². The first kappa shape index (κ1) is 12.3. The summed E-state index contributed by atoms with van der Waals surface area (Å²) in [7, 11) is 3.46. The summed E-state index contributed by atoms with van der Waals surface area (Å²) in [6.45, 7) is 2.29. The van der Waals surface area contributed by atoms with Crippen molar-refractivity contribution in [2.45, 2.75) is 6.92 Å². The second kappa shape index (κ2) is 5.34. The van der Waals surface area contributed by atoms with Crippen LogP contribution in [-0.2, 0) is 0 Å². The summed E-state index contributed by atoms with van der Waals surface area (Å²) < 4.78 is 0. The van der Waals surface area contributed by atoms with E-state index in [1.54, 1.807) is 25.1 Å². The zero-order chi connectivity index (χ0) is 12.1. The number of aryl methyl sites for hydroxylation is 1. The first-order chi connectivity index (χ1) is 7.56. The largest absolute Gasteiger partial charge is 0.345 e. The smallest absolute Gasteiger partial charge is 0.253 e. The Morgan fingerprint density at radius 1 is 1.44 bits per heavy atom. The molecule has 0 aliphatic carbocycles. The van der Waals surface area contributed by atoms with Crippen molar-refractivity contribution >= 4 is 5.91 Å². The lowest BCUT2D eigenvalue weighted by molar-refractivity contribution is 0.0827. The van der Waals surface area contributed by atoms with Gasteiger partial charge in [-0.05, 0) is 24.6 Å². The molecule has 0 heterocycles. The summed E-state index contributed by atoms with van der Waals surface area (Å²) in [6, 6.07) is 5.52. The van der Waals surface area contributed by atoms with Gasteiger partial charge in [0.1, 0.15) is 0 Å². The molecule has 3 heteroatoms. The first-order valence-electron chi connectivity index (χ1n) is 5.07. The van der Waals surface area contributed by atoms with E-state index in [1.165, 1.54) is 0 Å². The average Bonchev–Trinajstić information content (AvgIpc) is 2.27. The van der Waals surface area contributed by atoms with E-state index in [1.807, 2.05) is 19.1 Å². The molecule has 1 aromatic carbocycles. The SMILES string of the molecule is Cc1ccc(C(=O)N(C)C)cc1C#CCN. The summed E-state index contributed by atoms with van der Waals surface area (Å²) in [5.41, 5.74) is 7.89. The van der Waals surface area contributed by atoms with Gasteiger partial charge in [0.25, 0.3) is 5.91 Å². The number of benzene rings is 1. The average molecular weight is 216 g/mol. The number of carbonyl (C=O) groups excluding carboxylic acids is 1. The molecule has 0 aliphatic rings. The molecule has 0 atom stereocenters. The van der Waals surface area contributed by atoms with Crippen LogP contribution in [0.15, 0.2) is 18.2 Å². The molecule has 1 aromatic rings. The van der Waals surface area contributed by atoms with Crippen LogP contribution < -0.4 is 5.73 Å². The van der Waals surface area contributed by atoms with E-state index in [0.29, 0.717) is 12.1 Å². The summed E-state index contributed by atoms with van der Waals surface area (Å²) in [4.78, 5) is 13.3. The van der Waals surface area contributed by atoms with E-state index in [4.69, 9.17) is 5.73 Å². The number of rotatable bonds is 1. The molecule has 2 N–H and O–H groups in total. The third-order valence-electron chi connectivity index (χ3n) is 2.22. The highest BCUT2D eigenvalue weighted by atomic mass is 16.2. The number of nitrogens with zero attached hydrogens (tertiary/aromatic N) is 1. The molecular weight excluding hydrogens is 200 g/mol. The molecule has 3 nitrogen and oxygen atoms in total. The van der Waals surface area contributed by atoms with Crippen LogP contribution in [0.4, 0.5) is 0 Å². The molecule has 0 fully saturated rings. The number of hydrogen-bond acceptors (Lipinski definition) is 2. The highest BCUT2D eigenvalue weighted by molar-refractivity contribution is 5.94. The van der Waals surface area contributed by atoms with Crippen LogP contribution in [0.2, 0.25) is 0 Å². The third-order valence-corrected chi connectivity index (χ3v) is 2.22. The molecule has 0 unspecified atom stereocenters. The predicted molar refractivity (Wildman–Crippen MR) is 65.1 cm³/mol. The van der Waals surface area contributed by atoms with Crippen molar-refractivity contribution in [3.63, 3.8) is 0 Å². The summed E-state index contributed by atoms with van der Waals surface area (Å²) >= 11 is 0. The van der Waals surface area contributed by atoms with Crippen LogP contribution in [0.25, 0.3) is 0 Å². The van der Waals surface area contributed by atoms with Gasteiger partial charge in [0.05, 0.1) is 6.54 Å². The Morgan fingerprint density at radius 3 is 2.69 bits per heavy atom. The van der Waals surface area contributed by atoms with Crippen LogP contribution in [0.1, 0.15) is 21.5 Å². The molecule has 0 radical (unpaired) electrons. The highest BCUT2D eigenvalue weighted by Gasteiger charge is 2.08. The molecule has 0 bridgehead atoms. The molecule has 0 saturated heterocycles. The van der Waals surface area contributed by atoms with Crippen LogP contribution in [-0.4, -0.2) is 31.4 Å². The lowest BCUT2D eigenvalue weighted by atomic mass is 10.0. The van der Waals surface area contributed by atoms with Crippen LogP contribution in [0, 0.1) is 18.8 Å². The van der Waals surface area contributed by atoms with Gasteiger partial charge < -0.3 is 10.6 Å². The normalized spacial score (nSPS) is 9.25. The van der Waals surface area contributed by atoms with Gasteiger partial charge >= 0.3 is 0 Å². The van der Waals surface area contributed by atoms with Gasteiger partial charge in [-0.2, -0.15) is 0 Å². The Bertz CT molecular complexity index is 453. The maximum absolute atomic E-state index is 11.7. The minimum Gasteiger partial charge on any atom is -0.345 e. The Balaban J connectivity index is 3.12. The first-order valence-corrected chi connectivity index (χ1v) is 5.07. The Labute approximate surface area is 96.2 Å². The Hall–Kier alpha value is -1.79. The van der Waals surface area contributed by atoms with Gasteiger partial charge in [-0.3, -0.25) is 4.79 Å². The van der Waals surface area contributed by atoms with E-state index in [0.717, 1.165) is 11.1 Å². The molecule has 0 spiro atoms.